The van der Waals surface area contributed by atoms with Gasteiger partial charge in [0.2, 0.25) is 0 Å². The lowest BCUT2D eigenvalue weighted by Gasteiger charge is -2.20. The molecule has 0 amide bonds. The van der Waals surface area contributed by atoms with E-state index in [0.29, 0.717) is 0 Å². The molecule has 0 N–H and O–H groups in total. The summed E-state index contributed by atoms with van der Waals surface area (Å²) in [4.78, 5) is 4.57. The molecule has 0 saturated heterocycles. The Morgan fingerprint density at radius 2 is 1.60 bits per heavy atom. The Morgan fingerprint density at radius 1 is 0.900 bits per heavy atom. The van der Waals surface area contributed by atoms with E-state index in [1.807, 2.05) is 0 Å². The molecule has 0 unspecified atom stereocenters. The van der Waals surface area contributed by atoms with Crippen LogP contribution < -0.4 is 4.74 Å². The third-order valence-corrected chi connectivity index (χ3v) is 3.56. The Morgan fingerprint density at radius 3 is 2.25 bits per heavy atom. The Labute approximate surface area is 121 Å². The molecule has 2 rings (SSSR count). The SMILES string of the molecule is COc1ccc(CN(C)CCN(C)C)c2ccccc12. The van der Waals surface area contributed by atoms with Gasteiger partial charge in [-0.1, -0.05) is 30.3 Å². The van der Waals surface area contributed by atoms with Crippen LogP contribution in [0.1, 0.15) is 5.56 Å². The van der Waals surface area contributed by atoms with Crippen molar-refractivity contribution in [1.82, 2.24) is 9.80 Å². The molecule has 0 aliphatic rings. The summed E-state index contributed by atoms with van der Waals surface area (Å²) in [6, 6.07) is 12.7. The van der Waals surface area contributed by atoms with E-state index in [4.69, 9.17) is 4.74 Å². The fourth-order valence-electron chi connectivity index (χ4n) is 2.39. The first kappa shape index (κ1) is 14.8. The number of hydrogen-bond acceptors (Lipinski definition) is 3. The van der Waals surface area contributed by atoms with Crippen LogP contribution in [0.25, 0.3) is 10.8 Å². The van der Waals surface area contributed by atoms with Crippen molar-refractivity contribution in [3.8, 4) is 5.75 Å². The zero-order valence-electron chi connectivity index (χ0n) is 12.9. The first-order chi connectivity index (χ1) is 9.61. The number of benzene rings is 2. The van der Waals surface area contributed by atoms with Gasteiger partial charge in [0.15, 0.2) is 0 Å². The van der Waals surface area contributed by atoms with Gasteiger partial charge in [0.05, 0.1) is 7.11 Å². The maximum Gasteiger partial charge on any atom is 0.126 e. The summed E-state index contributed by atoms with van der Waals surface area (Å²) in [7, 11) is 8.11. The minimum absolute atomic E-state index is 0.945. The van der Waals surface area contributed by atoms with E-state index in [1.54, 1.807) is 7.11 Å². The third-order valence-electron chi connectivity index (χ3n) is 3.56. The minimum atomic E-state index is 0.945. The van der Waals surface area contributed by atoms with Crippen LogP contribution >= 0.6 is 0 Å². The zero-order chi connectivity index (χ0) is 14.5. The zero-order valence-corrected chi connectivity index (χ0v) is 12.9. The van der Waals surface area contributed by atoms with Crippen molar-refractivity contribution in [2.24, 2.45) is 0 Å². The van der Waals surface area contributed by atoms with Crippen molar-refractivity contribution in [3.63, 3.8) is 0 Å². The Kier molecular flexibility index (Phi) is 4.99. The number of hydrogen-bond donors (Lipinski definition) is 0. The van der Waals surface area contributed by atoms with Gasteiger partial charge in [-0.2, -0.15) is 0 Å². The van der Waals surface area contributed by atoms with Crippen LogP contribution in [0.3, 0.4) is 0 Å². The summed E-state index contributed by atoms with van der Waals surface area (Å²) in [6.45, 7) is 3.09. The van der Waals surface area contributed by atoms with Gasteiger partial charge in [-0.3, -0.25) is 0 Å². The summed E-state index contributed by atoms with van der Waals surface area (Å²) in [5, 5.41) is 2.47. The van der Waals surface area contributed by atoms with E-state index in [1.165, 1.54) is 16.3 Å². The van der Waals surface area contributed by atoms with Crippen LogP contribution in [0.15, 0.2) is 36.4 Å². The second-order valence-corrected chi connectivity index (χ2v) is 5.51. The highest BCUT2D eigenvalue weighted by molar-refractivity contribution is 5.91. The molecule has 0 atom stereocenters. The predicted molar refractivity (Wildman–Crippen MR) is 85.4 cm³/mol. The predicted octanol–water partition coefficient (Wildman–Crippen LogP) is 2.84. The molecule has 0 aliphatic carbocycles. The maximum absolute atomic E-state index is 5.45. The number of likely N-dealkylation sites (N-methyl/N-ethyl adjacent to an activating group) is 2. The third kappa shape index (κ3) is 3.50. The van der Waals surface area contributed by atoms with Crippen LogP contribution in [0, 0.1) is 0 Å². The normalized spacial score (nSPS) is 11.5. The number of ether oxygens (including phenoxy) is 1. The van der Waals surface area contributed by atoms with E-state index in [0.717, 1.165) is 25.4 Å². The van der Waals surface area contributed by atoms with Crippen molar-refractivity contribution < 1.29 is 4.74 Å². The van der Waals surface area contributed by atoms with Gasteiger partial charge in [0.25, 0.3) is 0 Å². The van der Waals surface area contributed by atoms with Crippen molar-refractivity contribution in [2.75, 3.05) is 41.3 Å². The largest absolute Gasteiger partial charge is 0.496 e. The quantitative estimate of drug-likeness (QED) is 0.804. The van der Waals surface area contributed by atoms with Crippen LogP contribution in [0.5, 0.6) is 5.75 Å². The summed E-state index contributed by atoms with van der Waals surface area (Å²) in [6.07, 6.45) is 0. The molecule has 0 aromatic heterocycles. The lowest BCUT2D eigenvalue weighted by Crippen LogP contribution is -2.28. The van der Waals surface area contributed by atoms with Gasteiger partial charge in [0, 0.05) is 25.0 Å². The summed E-state index contributed by atoms with van der Waals surface area (Å²) in [5.41, 5.74) is 1.35. The second kappa shape index (κ2) is 6.73. The average Bonchev–Trinajstić information content (AvgIpc) is 2.45. The topological polar surface area (TPSA) is 15.7 Å². The molecule has 2 aromatic rings. The molecule has 3 nitrogen and oxygen atoms in total. The number of nitrogens with zero attached hydrogens (tertiary/aromatic N) is 2. The smallest absolute Gasteiger partial charge is 0.126 e. The van der Waals surface area contributed by atoms with Crippen LogP contribution in [-0.4, -0.2) is 51.1 Å². The van der Waals surface area contributed by atoms with Gasteiger partial charge < -0.3 is 14.5 Å². The number of rotatable bonds is 6. The summed E-state index contributed by atoms with van der Waals surface area (Å²) in [5.74, 6) is 0.945. The van der Waals surface area contributed by atoms with Gasteiger partial charge in [-0.15, -0.1) is 0 Å². The molecule has 0 saturated carbocycles. The Bertz CT molecular complexity index is 566. The fraction of sp³-hybridized carbons (Fsp3) is 0.412. The highest BCUT2D eigenvalue weighted by atomic mass is 16.5. The lowest BCUT2D eigenvalue weighted by atomic mass is 10.0. The van der Waals surface area contributed by atoms with Crippen molar-refractivity contribution in [3.05, 3.63) is 42.0 Å². The number of fused-ring (bicyclic) bond motifs is 1. The Balaban J connectivity index is 2.22. The molecule has 0 bridgehead atoms. The Hall–Kier alpha value is -1.58. The molecule has 20 heavy (non-hydrogen) atoms. The minimum Gasteiger partial charge on any atom is -0.496 e. The van der Waals surface area contributed by atoms with E-state index in [2.05, 4.69) is 67.3 Å². The van der Waals surface area contributed by atoms with Crippen molar-refractivity contribution in [1.29, 1.82) is 0 Å². The van der Waals surface area contributed by atoms with Crippen molar-refractivity contribution >= 4 is 10.8 Å². The van der Waals surface area contributed by atoms with Crippen LogP contribution in [0.2, 0.25) is 0 Å². The van der Waals surface area contributed by atoms with Crippen LogP contribution in [0.4, 0.5) is 0 Å². The lowest BCUT2D eigenvalue weighted by molar-refractivity contribution is 0.277. The van der Waals surface area contributed by atoms with E-state index in [9.17, 15) is 0 Å². The highest BCUT2D eigenvalue weighted by Crippen LogP contribution is 2.28. The molecule has 3 heteroatoms. The first-order valence-corrected chi connectivity index (χ1v) is 6.99. The molecule has 0 aliphatic heterocycles. The van der Waals surface area contributed by atoms with Crippen molar-refractivity contribution in [2.45, 2.75) is 6.54 Å². The average molecular weight is 272 g/mol. The molecular weight excluding hydrogens is 248 g/mol. The molecule has 108 valence electrons. The van der Waals surface area contributed by atoms with Gasteiger partial charge in [0.1, 0.15) is 5.75 Å². The molecule has 0 radical (unpaired) electrons. The monoisotopic (exact) mass is 272 g/mol. The number of methoxy groups -OCH3 is 1. The molecule has 0 heterocycles. The van der Waals surface area contributed by atoms with Gasteiger partial charge in [-0.25, -0.2) is 0 Å². The second-order valence-electron chi connectivity index (χ2n) is 5.51. The molecule has 2 aromatic carbocycles. The van der Waals surface area contributed by atoms with Gasteiger partial charge in [-0.05, 0) is 38.2 Å². The van der Waals surface area contributed by atoms with Crippen LogP contribution in [-0.2, 0) is 6.54 Å². The maximum atomic E-state index is 5.45. The molecule has 0 spiro atoms. The van der Waals surface area contributed by atoms with E-state index >= 15 is 0 Å². The fourth-order valence-corrected chi connectivity index (χ4v) is 2.39. The highest BCUT2D eigenvalue weighted by Gasteiger charge is 2.08. The standard InChI is InChI=1S/C17H24N2O/c1-18(2)11-12-19(3)13-14-9-10-17(20-4)16-8-6-5-7-15(14)16/h5-10H,11-13H2,1-4H3. The summed E-state index contributed by atoms with van der Waals surface area (Å²) < 4.78 is 5.45. The molecule has 0 fully saturated rings. The van der Waals surface area contributed by atoms with Gasteiger partial charge >= 0.3 is 0 Å². The first-order valence-electron chi connectivity index (χ1n) is 6.99. The van der Waals surface area contributed by atoms with E-state index < -0.39 is 0 Å². The summed E-state index contributed by atoms with van der Waals surface area (Å²) >= 11 is 0. The molecular formula is C17H24N2O. The van der Waals surface area contributed by atoms with E-state index in [-0.39, 0.29) is 0 Å².